The molecule has 0 bridgehead atoms. The Morgan fingerprint density at radius 3 is 3.00 bits per heavy atom. The van der Waals surface area contributed by atoms with E-state index in [-0.39, 0.29) is 5.88 Å². The summed E-state index contributed by atoms with van der Waals surface area (Å²) in [7, 11) is 0. The molecule has 0 unspecified atom stereocenters. The van der Waals surface area contributed by atoms with Gasteiger partial charge in [-0.1, -0.05) is 0 Å². The molecule has 0 atom stereocenters. The minimum absolute atomic E-state index is 0.0266. The van der Waals surface area contributed by atoms with Gasteiger partial charge in [0.15, 0.2) is 5.65 Å². The van der Waals surface area contributed by atoms with Crippen LogP contribution in [-0.2, 0) is 0 Å². The van der Waals surface area contributed by atoms with Gasteiger partial charge in [-0.05, 0) is 6.92 Å². The maximum absolute atomic E-state index is 9.23. The summed E-state index contributed by atoms with van der Waals surface area (Å²) in [4.78, 5) is 7.50. The Balaban J connectivity index is 2.96. The summed E-state index contributed by atoms with van der Waals surface area (Å²) in [6.07, 6.45) is 1.29. The highest BCUT2D eigenvalue weighted by Gasteiger charge is 2.06. The van der Waals surface area contributed by atoms with Gasteiger partial charge in [-0.2, -0.15) is 5.10 Å². The Morgan fingerprint density at radius 2 is 2.27 bits per heavy atom. The lowest BCUT2D eigenvalue weighted by atomic mass is 10.3. The lowest BCUT2D eigenvalue weighted by Gasteiger charge is -1.90. The molecule has 0 aromatic carbocycles. The standard InChI is InChI=1S/C6H6N4O/c1-3-4-5(10-9-3)7-2-8-6(4)11/h2H,1H3,(H2,7,8,9,10,11). The number of aromatic hydroxyl groups is 1. The van der Waals surface area contributed by atoms with E-state index in [0.717, 1.165) is 0 Å². The number of aromatic amines is 1. The van der Waals surface area contributed by atoms with E-state index >= 15 is 0 Å². The first-order valence-electron chi connectivity index (χ1n) is 3.13. The average Bonchev–Trinajstić information content (AvgIpc) is 2.34. The van der Waals surface area contributed by atoms with Gasteiger partial charge in [0.25, 0.3) is 0 Å². The highest BCUT2D eigenvalue weighted by atomic mass is 16.3. The van der Waals surface area contributed by atoms with Crippen molar-refractivity contribution in [2.75, 3.05) is 0 Å². The Labute approximate surface area is 62.1 Å². The van der Waals surface area contributed by atoms with Crippen molar-refractivity contribution in [1.82, 2.24) is 20.2 Å². The smallest absolute Gasteiger partial charge is 0.225 e. The maximum atomic E-state index is 9.23. The van der Waals surface area contributed by atoms with Crippen LogP contribution in [0.2, 0.25) is 0 Å². The zero-order valence-corrected chi connectivity index (χ0v) is 5.87. The molecule has 5 nitrogen and oxygen atoms in total. The van der Waals surface area contributed by atoms with Crippen LogP contribution >= 0.6 is 0 Å². The number of H-pyrrole nitrogens is 1. The lowest BCUT2D eigenvalue weighted by Crippen LogP contribution is -1.80. The number of hydrogen-bond donors (Lipinski definition) is 2. The fourth-order valence-electron chi connectivity index (χ4n) is 0.987. The van der Waals surface area contributed by atoms with Crippen LogP contribution in [0.5, 0.6) is 5.88 Å². The first kappa shape index (κ1) is 6.09. The van der Waals surface area contributed by atoms with E-state index in [1.165, 1.54) is 6.33 Å². The van der Waals surface area contributed by atoms with E-state index in [1.807, 2.05) is 0 Å². The predicted molar refractivity (Wildman–Crippen MR) is 38.1 cm³/mol. The molecule has 2 aromatic heterocycles. The second-order valence-electron chi connectivity index (χ2n) is 2.23. The summed E-state index contributed by atoms with van der Waals surface area (Å²) in [6, 6.07) is 0. The van der Waals surface area contributed by atoms with Gasteiger partial charge in [0.05, 0.1) is 5.69 Å². The molecule has 2 N–H and O–H groups in total. The van der Waals surface area contributed by atoms with E-state index in [0.29, 0.717) is 16.7 Å². The molecule has 0 saturated carbocycles. The molecule has 0 aliphatic rings. The largest absolute Gasteiger partial charge is 0.493 e. The third kappa shape index (κ3) is 0.739. The summed E-state index contributed by atoms with van der Waals surface area (Å²) in [5, 5.41) is 16.4. The number of rotatable bonds is 0. The van der Waals surface area contributed by atoms with E-state index < -0.39 is 0 Å². The fraction of sp³-hybridized carbons (Fsp3) is 0.167. The molecule has 0 radical (unpaired) electrons. The molecule has 0 aliphatic carbocycles. The van der Waals surface area contributed by atoms with Gasteiger partial charge in [0.2, 0.25) is 5.88 Å². The van der Waals surface area contributed by atoms with Crippen molar-refractivity contribution in [3.8, 4) is 5.88 Å². The maximum Gasteiger partial charge on any atom is 0.225 e. The highest BCUT2D eigenvalue weighted by Crippen LogP contribution is 2.20. The van der Waals surface area contributed by atoms with Gasteiger partial charge in [-0.25, -0.2) is 9.97 Å². The number of fused-ring (bicyclic) bond motifs is 1. The molecule has 56 valence electrons. The Morgan fingerprint density at radius 1 is 1.45 bits per heavy atom. The summed E-state index contributed by atoms with van der Waals surface area (Å²) in [5.41, 5.74) is 1.27. The Kier molecular flexibility index (Phi) is 1.06. The zero-order valence-electron chi connectivity index (χ0n) is 5.87. The fourth-order valence-corrected chi connectivity index (χ4v) is 0.987. The van der Waals surface area contributed by atoms with Gasteiger partial charge in [0.1, 0.15) is 11.7 Å². The van der Waals surface area contributed by atoms with Crippen molar-refractivity contribution >= 4 is 11.0 Å². The first-order chi connectivity index (χ1) is 5.29. The topological polar surface area (TPSA) is 74.7 Å². The van der Waals surface area contributed by atoms with Crippen molar-refractivity contribution in [3.63, 3.8) is 0 Å². The summed E-state index contributed by atoms with van der Waals surface area (Å²) in [6.45, 7) is 1.78. The van der Waals surface area contributed by atoms with Gasteiger partial charge in [-0.3, -0.25) is 5.10 Å². The van der Waals surface area contributed by atoms with E-state index in [4.69, 9.17) is 0 Å². The third-order valence-corrected chi connectivity index (χ3v) is 1.52. The lowest BCUT2D eigenvalue weighted by molar-refractivity contribution is 0.459. The highest BCUT2D eigenvalue weighted by molar-refractivity contribution is 5.81. The Bertz CT molecular complexity index is 394. The minimum Gasteiger partial charge on any atom is -0.493 e. The van der Waals surface area contributed by atoms with Crippen molar-refractivity contribution < 1.29 is 5.11 Å². The van der Waals surface area contributed by atoms with E-state index in [2.05, 4.69) is 20.2 Å². The van der Waals surface area contributed by atoms with Crippen LogP contribution in [0, 0.1) is 6.92 Å². The van der Waals surface area contributed by atoms with Crippen LogP contribution in [0.25, 0.3) is 11.0 Å². The molecule has 5 heteroatoms. The number of nitrogens with zero attached hydrogens (tertiary/aromatic N) is 3. The normalized spacial score (nSPS) is 10.6. The quantitative estimate of drug-likeness (QED) is 0.568. The van der Waals surface area contributed by atoms with Crippen LogP contribution in [0.3, 0.4) is 0 Å². The van der Waals surface area contributed by atoms with Crippen LogP contribution < -0.4 is 0 Å². The summed E-state index contributed by atoms with van der Waals surface area (Å²) >= 11 is 0. The van der Waals surface area contributed by atoms with Crippen LogP contribution in [-0.4, -0.2) is 25.3 Å². The molecule has 0 aliphatic heterocycles. The zero-order chi connectivity index (χ0) is 7.84. The molecule has 0 fully saturated rings. The van der Waals surface area contributed by atoms with Gasteiger partial charge in [-0.15, -0.1) is 0 Å². The monoisotopic (exact) mass is 150 g/mol. The van der Waals surface area contributed by atoms with Gasteiger partial charge >= 0.3 is 0 Å². The van der Waals surface area contributed by atoms with Gasteiger partial charge in [0, 0.05) is 0 Å². The van der Waals surface area contributed by atoms with Crippen molar-refractivity contribution in [3.05, 3.63) is 12.0 Å². The van der Waals surface area contributed by atoms with Crippen molar-refractivity contribution in [2.45, 2.75) is 6.92 Å². The second kappa shape index (κ2) is 1.91. The first-order valence-corrected chi connectivity index (χ1v) is 3.13. The second-order valence-corrected chi connectivity index (χ2v) is 2.23. The Hall–Kier alpha value is -1.65. The van der Waals surface area contributed by atoms with Crippen LogP contribution in [0.1, 0.15) is 5.69 Å². The molecule has 0 saturated heterocycles. The van der Waals surface area contributed by atoms with Crippen LogP contribution in [0.4, 0.5) is 0 Å². The minimum atomic E-state index is -0.0266. The van der Waals surface area contributed by atoms with Crippen LogP contribution in [0.15, 0.2) is 6.33 Å². The average molecular weight is 150 g/mol. The summed E-state index contributed by atoms with van der Waals surface area (Å²) in [5.74, 6) is -0.0266. The third-order valence-electron chi connectivity index (χ3n) is 1.52. The number of aromatic nitrogens is 4. The van der Waals surface area contributed by atoms with Crippen molar-refractivity contribution in [1.29, 1.82) is 0 Å². The number of hydrogen-bond acceptors (Lipinski definition) is 4. The van der Waals surface area contributed by atoms with E-state index in [9.17, 15) is 5.11 Å². The molecule has 2 heterocycles. The molecule has 2 aromatic rings. The molecule has 0 spiro atoms. The molecular weight excluding hydrogens is 144 g/mol. The molecule has 0 amide bonds. The number of nitrogens with one attached hydrogen (secondary N) is 1. The number of aryl methyl sites for hydroxylation is 1. The molecular formula is C6H6N4O. The van der Waals surface area contributed by atoms with E-state index in [1.54, 1.807) is 6.92 Å². The van der Waals surface area contributed by atoms with Crippen molar-refractivity contribution in [2.24, 2.45) is 0 Å². The molecule has 2 rings (SSSR count). The SMILES string of the molecule is Cc1n[nH]c2ncnc(O)c12. The predicted octanol–water partition coefficient (Wildman–Crippen LogP) is 0.367. The van der Waals surface area contributed by atoms with Gasteiger partial charge < -0.3 is 5.11 Å². The molecule has 11 heavy (non-hydrogen) atoms. The summed E-state index contributed by atoms with van der Waals surface area (Å²) < 4.78 is 0.